The molecule has 0 bridgehead atoms. The van der Waals surface area contributed by atoms with E-state index in [-0.39, 0.29) is 6.10 Å². The van der Waals surface area contributed by atoms with Crippen LogP contribution < -0.4 is 5.32 Å². The minimum absolute atomic E-state index is 0.00288. The summed E-state index contributed by atoms with van der Waals surface area (Å²) in [6.07, 6.45) is 0.00288. The van der Waals surface area contributed by atoms with Crippen LogP contribution in [0, 0.1) is 0 Å². The van der Waals surface area contributed by atoms with Gasteiger partial charge in [-0.3, -0.25) is 0 Å². The Balaban J connectivity index is 2.00. The fourth-order valence-electron chi connectivity index (χ4n) is 1.26. The second kappa shape index (κ2) is 4.77. The molecule has 0 amide bonds. The molecule has 1 fully saturated rings. The van der Waals surface area contributed by atoms with Crippen molar-refractivity contribution in [3.8, 4) is 0 Å². The third-order valence-corrected chi connectivity index (χ3v) is 2.91. The van der Waals surface area contributed by atoms with Gasteiger partial charge in [0.15, 0.2) is 0 Å². The molecular formula is C8H13N3O2S. The molecule has 0 radical (unpaired) electrons. The molecule has 1 aliphatic heterocycles. The van der Waals surface area contributed by atoms with E-state index < -0.39 is 0 Å². The maximum atomic E-state index is 5.53. The predicted molar refractivity (Wildman–Crippen MR) is 53.1 cm³/mol. The number of hydrogen-bond acceptors (Lipinski definition) is 6. The van der Waals surface area contributed by atoms with Gasteiger partial charge in [-0.15, -0.1) is 0 Å². The van der Waals surface area contributed by atoms with Crippen LogP contribution in [0.15, 0.2) is 4.52 Å². The summed E-state index contributed by atoms with van der Waals surface area (Å²) >= 11 is 1.86. The summed E-state index contributed by atoms with van der Waals surface area (Å²) in [4.78, 5) is 4.25. The van der Waals surface area contributed by atoms with Crippen molar-refractivity contribution < 1.29 is 9.26 Å². The van der Waals surface area contributed by atoms with Crippen molar-refractivity contribution in [1.29, 1.82) is 0 Å². The molecule has 0 aliphatic carbocycles. The van der Waals surface area contributed by atoms with Gasteiger partial charge in [-0.2, -0.15) is 16.7 Å². The van der Waals surface area contributed by atoms with Crippen molar-refractivity contribution >= 4 is 11.8 Å². The van der Waals surface area contributed by atoms with E-state index >= 15 is 0 Å². The molecule has 1 atom stereocenters. The van der Waals surface area contributed by atoms with E-state index in [0.29, 0.717) is 18.3 Å². The Hall–Kier alpha value is -0.590. The van der Waals surface area contributed by atoms with Crippen molar-refractivity contribution in [2.24, 2.45) is 0 Å². The van der Waals surface area contributed by atoms with Gasteiger partial charge in [-0.05, 0) is 7.05 Å². The van der Waals surface area contributed by atoms with Crippen LogP contribution >= 0.6 is 11.8 Å². The molecule has 78 valence electrons. The van der Waals surface area contributed by atoms with E-state index in [2.05, 4.69) is 15.5 Å². The maximum absolute atomic E-state index is 5.53. The second-order valence-electron chi connectivity index (χ2n) is 3.01. The van der Waals surface area contributed by atoms with Crippen LogP contribution in [0.2, 0.25) is 0 Å². The van der Waals surface area contributed by atoms with E-state index in [0.717, 1.165) is 18.1 Å². The van der Waals surface area contributed by atoms with Crippen molar-refractivity contribution in [2.75, 3.05) is 25.2 Å². The highest BCUT2D eigenvalue weighted by Crippen LogP contribution is 2.24. The molecule has 2 rings (SSSR count). The first kappa shape index (κ1) is 9.95. The topological polar surface area (TPSA) is 60.2 Å². The van der Waals surface area contributed by atoms with Crippen LogP contribution in [-0.4, -0.2) is 35.3 Å². The summed E-state index contributed by atoms with van der Waals surface area (Å²) in [6.45, 7) is 1.37. The normalized spacial score (nSPS) is 22.5. The third kappa shape index (κ3) is 2.26. The van der Waals surface area contributed by atoms with Gasteiger partial charge in [0, 0.05) is 11.5 Å². The Morgan fingerprint density at radius 2 is 2.57 bits per heavy atom. The molecule has 1 aliphatic rings. The average molecular weight is 215 g/mol. The van der Waals surface area contributed by atoms with E-state index in [1.807, 2.05) is 18.8 Å². The summed E-state index contributed by atoms with van der Waals surface area (Å²) < 4.78 is 10.6. The minimum atomic E-state index is 0.00288. The van der Waals surface area contributed by atoms with Crippen LogP contribution in [-0.2, 0) is 11.3 Å². The van der Waals surface area contributed by atoms with E-state index in [1.54, 1.807) is 0 Å². The number of hydrogen-bond donors (Lipinski definition) is 1. The third-order valence-electron chi connectivity index (χ3n) is 1.92. The average Bonchev–Trinajstić information content (AvgIpc) is 2.68. The lowest BCUT2D eigenvalue weighted by Crippen LogP contribution is -2.17. The first-order valence-corrected chi connectivity index (χ1v) is 5.72. The van der Waals surface area contributed by atoms with Gasteiger partial charge in [0.2, 0.25) is 11.7 Å². The van der Waals surface area contributed by atoms with Gasteiger partial charge in [0.25, 0.3) is 0 Å². The number of nitrogens with one attached hydrogen (secondary N) is 1. The molecule has 1 unspecified atom stereocenters. The largest absolute Gasteiger partial charge is 0.368 e. The monoisotopic (exact) mass is 215 g/mol. The quantitative estimate of drug-likeness (QED) is 0.796. The van der Waals surface area contributed by atoms with E-state index in [4.69, 9.17) is 9.26 Å². The summed E-state index contributed by atoms with van der Waals surface area (Å²) in [5.74, 6) is 3.25. The van der Waals surface area contributed by atoms with Crippen molar-refractivity contribution in [3.63, 3.8) is 0 Å². The van der Waals surface area contributed by atoms with Crippen LogP contribution in [0.25, 0.3) is 0 Å². The molecule has 1 N–H and O–H groups in total. The van der Waals surface area contributed by atoms with Gasteiger partial charge >= 0.3 is 0 Å². The van der Waals surface area contributed by atoms with Crippen molar-refractivity contribution in [3.05, 3.63) is 11.7 Å². The van der Waals surface area contributed by atoms with E-state index in [1.165, 1.54) is 0 Å². The predicted octanol–water partition coefficient (Wildman–Crippen LogP) is 0.593. The number of rotatable bonds is 3. The Morgan fingerprint density at radius 1 is 1.64 bits per heavy atom. The van der Waals surface area contributed by atoms with Crippen LogP contribution in [0.1, 0.15) is 17.8 Å². The highest BCUT2D eigenvalue weighted by Gasteiger charge is 2.21. The highest BCUT2D eigenvalue weighted by molar-refractivity contribution is 7.99. The molecule has 6 heteroatoms. The van der Waals surface area contributed by atoms with Gasteiger partial charge in [-0.1, -0.05) is 5.16 Å². The fourth-order valence-corrected chi connectivity index (χ4v) is 2.10. The molecule has 0 aromatic carbocycles. The second-order valence-corrected chi connectivity index (χ2v) is 4.16. The Kier molecular flexibility index (Phi) is 3.39. The highest BCUT2D eigenvalue weighted by atomic mass is 32.2. The molecule has 1 aromatic heterocycles. The zero-order chi connectivity index (χ0) is 9.80. The lowest BCUT2D eigenvalue weighted by Gasteiger charge is -2.18. The Labute approximate surface area is 86.6 Å². The smallest absolute Gasteiger partial charge is 0.240 e. The zero-order valence-corrected chi connectivity index (χ0v) is 8.84. The molecule has 14 heavy (non-hydrogen) atoms. The number of aromatic nitrogens is 2. The van der Waals surface area contributed by atoms with Gasteiger partial charge in [0.05, 0.1) is 13.2 Å². The molecular weight excluding hydrogens is 202 g/mol. The molecule has 1 saturated heterocycles. The summed E-state index contributed by atoms with van der Waals surface area (Å²) in [5, 5.41) is 6.85. The summed E-state index contributed by atoms with van der Waals surface area (Å²) in [7, 11) is 1.84. The zero-order valence-electron chi connectivity index (χ0n) is 8.02. The maximum Gasteiger partial charge on any atom is 0.240 e. The molecule has 5 nitrogen and oxygen atoms in total. The Bertz CT molecular complexity index is 286. The van der Waals surface area contributed by atoms with Crippen LogP contribution in [0.3, 0.4) is 0 Å². The summed E-state index contributed by atoms with van der Waals surface area (Å²) in [5.41, 5.74) is 0. The lowest BCUT2D eigenvalue weighted by molar-refractivity contribution is 0.0677. The van der Waals surface area contributed by atoms with Crippen molar-refractivity contribution in [2.45, 2.75) is 12.6 Å². The summed E-state index contributed by atoms with van der Waals surface area (Å²) in [6, 6.07) is 0. The standard InChI is InChI=1S/C8H13N3O2S/c1-9-4-7-10-8(11-13-7)6-5-14-3-2-12-6/h6,9H,2-5H2,1H3. The van der Waals surface area contributed by atoms with Gasteiger partial charge < -0.3 is 14.6 Å². The van der Waals surface area contributed by atoms with E-state index in [9.17, 15) is 0 Å². The molecule has 2 heterocycles. The van der Waals surface area contributed by atoms with Gasteiger partial charge in [-0.25, -0.2) is 0 Å². The molecule has 1 aromatic rings. The van der Waals surface area contributed by atoms with Crippen LogP contribution in [0.4, 0.5) is 0 Å². The van der Waals surface area contributed by atoms with Crippen molar-refractivity contribution in [1.82, 2.24) is 15.5 Å². The number of thioether (sulfide) groups is 1. The first-order chi connectivity index (χ1) is 6.90. The fraction of sp³-hybridized carbons (Fsp3) is 0.750. The molecule has 0 spiro atoms. The first-order valence-electron chi connectivity index (χ1n) is 4.56. The van der Waals surface area contributed by atoms with Gasteiger partial charge in [0.1, 0.15) is 6.10 Å². The lowest BCUT2D eigenvalue weighted by atomic mass is 10.4. The number of nitrogens with zero attached hydrogens (tertiary/aromatic N) is 2. The van der Waals surface area contributed by atoms with Crippen LogP contribution in [0.5, 0.6) is 0 Å². The number of ether oxygens (including phenoxy) is 1. The molecule has 0 saturated carbocycles. The Morgan fingerprint density at radius 3 is 3.29 bits per heavy atom. The minimum Gasteiger partial charge on any atom is -0.368 e. The SMILES string of the molecule is CNCc1nc(C2CSCCO2)no1.